The summed E-state index contributed by atoms with van der Waals surface area (Å²) in [6, 6.07) is 0. The molecule has 8 nitrogen and oxygen atoms in total. The van der Waals surface area contributed by atoms with E-state index in [0.717, 1.165) is 44.9 Å². The van der Waals surface area contributed by atoms with E-state index in [4.69, 9.17) is 19.3 Å². The third kappa shape index (κ3) is 46.8. The van der Waals surface area contributed by atoms with E-state index in [1.165, 1.54) is 154 Å². The van der Waals surface area contributed by atoms with Crippen LogP contribution < -0.4 is 0 Å². The molecule has 0 heterocycles. The molecule has 0 aliphatic carbocycles. The number of phosphoric ester groups is 1. The summed E-state index contributed by atoms with van der Waals surface area (Å²) in [5.74, 6) is -0.935. The van der Waals surface area contributed by atoms with Gasteiger partial charge in [-0.3, -0.25) is 14.1 Å². The Labute approximate surface area is 351 Å². The zero-order valence-electron chi connectivity index (χ0n) is 37.0. The largest absolute Gasteiger partial charge is 0.469 e. The maximum Gasteiger partial charge on any atom is 0.469 e. The number of carbonyl (C=O) groups is 2. The van der Waals surface area contributed by atoms with Crippen LogP contribution in [0.2, 0.25) is 0 Å². The van der Waals surface area contributed by atoms with Crippen molar-refractivity contribution < 1.29 is 37.9 Å². The molecule has 0 aliphatic rings. The average molecular weight is 825 g/mol. The molecule has 9 heteroatoms. The van der Waals surface area contributed by atoms with Gasteiger partial charge in [-0.1, -0.05) is 217 Å². The zero-order valence-corrected chi connectivity index (χ0v) is 37.9. The molecule has 0 amide bonds. The topological polar surface area (TPSA) is 119 Å². The summed E-state index contributed by atoms with van der Waals surface area (Å²) in [6.07, 6.45) is 53.1. The number of unbranched alkanes of at least 4 members (excludes halogenated alkanes) is 28. The van der Waals surface area contributed by atoms with Gasteiger partial charge in [0.2, 0.25) is 0 Å². The van der Waals surface area contributed by atoms with Crippen molar-refractivity contribution >= 4 is 19.8 Å². The summed E-state index contributed by atoms with van der Waals surface area (Å²) in [7, 11) is -4.77. The van der Waals surface area contributed by atoms with Gasteiger partial charge in [0.15, 0.2) is 6.10 Å². The molecule has 0 fully saturated rings. The summed E-state index contributed by atoms with van der Waals surface area (Å²) in [5, 5.41) is 0. The van der Waals surface area contributed by atoms with Crippen molar-refractivity contribution in [2.75, 3.05) is 13.2 Å². The number of allylic oxidation sites excluding steroid dienone is 6. The Morgan fingerprint density at radius 3 is 1.23 bits per heavy atom. The summed E-state index contributed by atoms with van der Waals surface area (Å²) in [6.45, 7) is 3.67. The second kappa shape index (κ2) is 43.8. The number of hydrogen-bond donors (Lipinski definition) is 2. The third-order valence-electron chi connectivity index (χ3n) is 10.4. The minimum absolute atomic E-state index is 0.197. The highest BCUT2D eigenvalue weighted by Crippen LogP contribution is 2.36. The van der Waals surface area contributed by atoms with Crippen molar-refractivity contribution in [2.24, 2.45) is 0 Å². The molecule has 0 saturated heterocycles. The number of phosphoric acid groups is 1. The molecule has 2 N–H and O–H groups in total. The number of ether oxygens (including phenoxy) is 2. The van der Waals surface area contributed by atoms with E-state index in [0.29, 0.717) is 12.8 Å². The Morgan fingerprint density at radius 2 is 0.807 bits per heavy atom. The maximum absolute atomic E-state index is 12.4. The number of rotatable bonds is 44. The third-order valence-corrected chi connectivity index (χ3v) is 10.9. The van der Waals surface area contributed by atoms with Crippen LogP contribution in [-0.4, -0.2) is 41.0 Å². The monoisotopic (exact) mass is 825 g/mol. The standard InChI is InChI=1S/C48H89O8P/c1-3-5-7-9-11-13-15-17-19-21-22-23-24-25-27-29-31-33-35-37-39-41-43-48(50)56-46(45-55-57(51,52)53)44-54-47(49)42-40-38-36-34-32-30-28-26-20-18-16-14-12-10-8-6-4-2/h18,20,28,30,34,36,46H,3-17,19,21-27,29,31-33,35,37-45H2,1-2H3,(H2,51,52,53)/b20-18+,30-28+,36-34+/t46-/m1/s1. The van der Waals surface area contributed by atoms with Gasteiger partial charge in [0.1, 0.15) is 6.61 Å². The minimum atomic E-state index is -4.77. The molecule has 57 heavy (non-hydrogen) atoms. The van der Waals surface area contributed by atoms with Gasteiger partial charge in [-0.25, -0.2) is 4.57 Å². The molecule has 0 aliphatic heterocycles. The van der Waals surface area contributed by atoms with E-state index in [1.807, 2.05) is 6.08 Å². The van der Waals surface area contributed by atoms with Crippen molar-refractivity contribution in [1.29, 1.82) is 0 Å². The summed E-state index contributed by atoms with van der Waals surface area (Å²) >= 11 is 0. The van der Waals surface area contributed by atoms with Crippen molar-refractivity contribution in [3.05, 3.63) is 36.5 Å². The normalized spacial score (nSPS) is 12.7. The Bertz CT molecular complexity index is 1020. The highest BCUT2D eigenvalue weighted by atomic mass is 31.2. The van der Waals surface area contributed by atoms with Crippen LogP contribution in [0.25, 0.3) is 0 Å². The van der Waals surface area contributed by atoms with Crippen LogP contribution in [0.3, 0.4) is 0 Å². The predicted molar refractivity (Wildman–Crippen MR) is 239 cm³/mol. The lowest BCUT2D eigenvalue weighted by molar-refractivity contribution is -0.161. The molecule has 0 aromatic heterocycles. The lowest BCUT2D eigenvalue weighted by atomic mass is 10.0. The molecular weight excluding hydrogens is 735 g/mol. The Hall–Kier alpha value is -1.73. The molecule has 0 unspecified atom stereocenters. The van der Waals surface area contributed by atoms with Crippen molar-refractivity contribution in [1.82, 2.24) is 0 Å². The van der Waals surface area contributed by atoms with Gasteiger partial charge < -0.3 is 19.3 Å². The van der Waals surface area contributed by atoms with E-state index in [2.05, 4.69) is 48.8 Å². The van der Waals surface area contributed by atoms with Gasteiger partial charge in [0, 0.05) is 12.8 Å². The average Bonchev–Trinajstić information content (AvgIpc) is 3.18. The first-order chi connectivity index (χ1) is 27.8. The molecule has 0 spiro atoms. The van der Waals surface area contributed by atoms with E-state index in [1.54, 1.807) is 0 Å². The number of hydrogen-bond acceptors (Lipinski definition) is 6. The van der Waals surface area contributed by atoms with E-state index in [-0.39, 0.29) is 19.4 Å². The first-order valence-electron chi connectivity index (χ1n) is 23.8. The van der Waals surface area contributed by atoms with Crippen LogP contribution in [0.15, 0.2) is 36.5 Å². The quantitative estimate of drug-likeness (QED) is 0.0270. The highest BCUT2D eigenvalue weighted by Gasteiger charge is 2.22. The van der Waals surface area contributed by atoms with Crippen LogP contribution in [0.4, 0.5) is 0 Å². The molecule has 0 bridgehead atoms. The van der Waals surface area contributed by atoms with Crippen LogP contribution in [0, 0.1) is 0 Å². The maximum atomic E-state index is 12.4. The van der Waals surface area contributed by atoms with Crippen LogP contribution >= 0.6 is 7.82 Å². The lowest BCUT2D eigenvalue weighted by Gasteiger charge is -2.18. The smallest absolute Gasteiger partial charge is 0.462 e. The predicted octanol–water partition coefficient (Wildman–Crippen LogP) is 14.9. The van der Waals surface area contributed by atoms with Crippen LogP contribution in [-0.2, 0) is 28.2 Å². The molecule has 0 saturated carbocycles. The Kier molecular flexibility index (Phi) is 42.5. The molecule has 0 radical (unpaired) electrons. The minimum Gasteiger partial charge on any atom is -0.462 e. The molecule has 1 atom stereocenters. The second-order valence-corrected chi connectivity index (χ2v) is 17.3. The van der Waals surface area contributed by atoms with Gasteiger partial charge in [0.25, 0.3) is 0 Å². The van der Waals surface area contributed by atoms with E-state index in [9.17, 15) is 14.2 Å². The van der Waals surface area contributed by atoms with Gasteiger partial charge in [-0.2, -0.15) is 0 Å². The van der Waals surface area contributed by atoms with Crippen LogP contribution in [0.1, 0.15) is 239 Å². The SMILES string of the molecule is CCCCCCCC/C=C/C/C=C/C/C=C/CCCC(=O)OC[C@H](COP(=O)(O)O)OC(=O)CCCCCCCCCCCCCCCCCCCCCCCC. The summed E-state index contributed by atoms with van der Waals surface area (Å²) in [4.78, 5) is 43.0. The molecule has 0 aromatic rings. The van der Waals surface area contributed by atoms with Gasteiger partial charge in [0.05, 0.1) is 6.61 Å². The fourth-order valence-corrected chi connectivity index (χ4v) is 7.22. The first-order valence-corrected chi connectivity index (χ1v) is 25.3. The zero-order chi connectivity index (χ0) is 41.8. The molecule has 0 rings (SSSR count). The fourth-order valence-electron chi connectivity index (χ4n) is 6.86. The fraction of sp³-hybridized carbons (Fsp3) is 0.833. The molecule has 334 valence electrons. The van der Waals surface area contributed by atoms with Crippen LogP contribution in [0.5, 0.6) is 0 Å². The molecule has 0 aromatic carbocycles. The lowest BCUT2D eigenvalue weighted by Crippen LogP contribution is -2.29. The van der Waals surface area contributed by atoms with Crippen molar-refractivity contribution in [2.45, 2.75) is 245 Å². The highest BCUT2D eigenvalue weighted by molar-refractivity contribution is 7.46. The van der Waals surface area contributed by atoms with Gasteiger partial charge in [-0.15, -0.1) is 0 Å². The van der Waals surface area contributed by atoms with Crippen molar-refractivity contribution in [3.8, 4) is 0 Å². The van der Waals surface area contributed by atoms with Crippen molar-refractivity contribution in [3.63, 3.8) is 0 Å². The van der Waals surface area contributed by atoms with E-state index >= 15 is 0 Å². The number of esters is 2. The molecular formula is C48H89O8P. The first kappa shape index (κ1) is 55.3. The Balaban J connectivity index is 3.88. The second-order valence-electron chi connectivity index (χ2n) is 16.1. The van der Waals surface area contributed by atoms with Gasteiger partial charge in [-0.05, 0) is 44.9 Å². The summed E-state index contributed by atoms with van der Waals surface area (Å²) < 4.78 is 26.4. The number of carbonyl (C=O) groups excluding carboxylic acids is 2. The Morgan fingerprint density at radius 1 is 0.456 bits per heavy atom. The summed E-state index contributed by atoms with van der Waals surface area (Å²) in [5.41, 5.74) is 0. The van der Waals surface area contributed by atoms with Gasteiger partial charge >= 0.3 is 19.8 Å². The van der Waals surface area contributed by atoms with E-state index < -0.39 is 32.5 Å².